The van der Waals surface area contributed by atoms with Gasteiger partial charge in [-0.1, -0.05) is 11.6 Å². The van der Waals surface area contributed by atoms with Gasteiger partial charge in [0.15, 0.2) is 0 Å². The summed E-state index contributed by atoms with van der Waals surface area (Å²) in [6.45, 7) is 3.98. The fourth-order valence-electron chi connectivity index (χ4n) is 1.87. The standard InChI is InChI=1S/C10H15ClN4/c1-7(12)8-2-3-15(6-8)10-13-4-9(11)5-14-10/h4-5,7-8H,2-3,6,12H2,1H3. The third-order valence-corrected chi connectivity index (χ3v) is 3.05. The number of rotatable bonds is 2. The van der Waals surface area contributed by atoms with Gasteiger partial charge in [0.25, 0.3) is 0 Å². The van der Waals surface area contributed by atoms with E-state index in [1.165, 1.54) is 0 Å². The van der Waals surface area contributed by atoms with Gasteiger partial charge in [0.2, 0.25) is 5.95 Å². The van der Waals surface area contributed by atoms with Gasteiger partial charge in [-0.2, -0.15) is 0 Å². The Bertz CT molecular complexity index is 325. The summed E-state index contributed by atoms with van der Waals surface area (Å²) in [6, 6.07) is 0.238. The molecule has 1 saturated heterocycles. The third kappa shape index (κ3) is 2.38. The molecule has 82 valence electrons. The Labute approximate surface area is 94.5 Å². The molecule has 1 aromatic heterocycles. The second-order valence-corrected chi connectivity index (χ2v) is 4.49. The van der Waals surface area contributed by atoms with Crippen LogP contribution >= 0.6 is 11.6 Å². The average molecular weight is 227 g/mol. The second-order valence-electron chi connectivity index (χ2n) is 4.06. The summed E-state index contributed by atoms with van der Waals surface area (Å²) in [5.74, 6) is 1.30. The van der Waals surface area contributed by atoms with Crippen molar-refractivity contribution >= 4 is 17.5 Å². The fraction of sp³-hybridized carbons (Fsp3) is 0.600. The quantitative estimate of drug-likeness (QED) is 0.826. The van der Waals surface area contributed by atoms with E-state index in [1.54, 1.807) is 12.4 Å². The lowest BCUT2D eigenvalue weighted by Crippen LogP contribution is -2.30. The van der Waals surface area contributed by atoms with Gasteiger partial charge in [-0.25, -0.2) is 9.97 Å². The predicted molar refractivity (Wildman–Crippen MR) is 61.0 cm³/mol. The van der Waals surface area contributed by atoms with Crippen molar-refractivity contribution in [1.29, 1.82) is 0 Å². The van der Waals surface area contributed by atoms with Gasteiger partial charge in [0.1, 0.15) is 0 Å². The van der Waals surface area contributed by atoms with Crippen molar-refractivity contribution in [2.75, 3.05) is 18.0 Å². The van der Waals surface area contributed by atoms with Crippen LogP contribution in [0.15, 0.2) is 12.4 Å². The maximum absolute atomic E-state index is 5.87. The number of nitrogens with zero attached hydrogens (tertiary/aromatic N) is 3. The molecular weight excluding hydrogens is 212 g/mol. The highest BCUT2D eigenvalue weighted by Crippen LogP contribution is 2.22. The molecule has 4 nitrogen and oxygen atoms in total. The van der Waals surface area contributed by atoms with Crippen molar-refractivity contribution in [2.45, 2.75) is 19.4 Å². The highest BCUT2D eigenvalue weighted by Gasteiger charge is 2.26. The molecule has 0 aromatic carbocycles. The number of aromatic nitrogens is 2. The molecule has 1 aliphatic heterocycles. The first kappa shape index (κ1) is 10.6. The van der Waals surface area contributed by atoms with Crippen molar-refractivity contribution in [3.8, 4) is 0 Å². The Morgan fingerprint density at radius 2 is 2.20 bits per heavy atom. The van der Waals surface area contributed by atoms with Crippen LogP contribution in [-0.2, 0) is 0 Å². The molecule has 0 bridgehead atoms. The lowest BCUT2D eigenvalue weighted by atomic mass is 10.0. The summed E-state index contributed by atoms with van der Waals surface area (Å²) < 4.78 is 0. The van der Waals surface area contributed by atoms with E-state index in [-0.39, 0.29) is 6.04 Å². The van der Waals surface area contributed by atoms with Crippen LogP contribution in [0.5, 0.6) is 0 Å². The summed E-state index contributed by atoms with van der Waals surface area (Å²) in [5, 5.41) is 0.571. The Hall–Kier alpha value is -0.870. The molecule has 2 heterocycles. The van der Waals surface area contributed by atoms with Crippen LogP contribution in [0.3, 0.4) is 0 Å². The Morgan fingerprint density at radius 1 is 1.53 bits per heavy atom. The van der Waals surface area contributed by atoms with Crippen molar-refractivity contribution in [3.05, 3.63) is 17.4 Å². The molecular formula is C10H15ClN4. The SMILES string of the molecule is CC(N)C1CCN(c2ncc(Cl)cn2)C1. The predicted octanol–water partition coefficient (Wildman–Crippen LogP) is 1.30. The van der Waals surface area contributed by atoms with E-state index >= 15 is 0 Å². The van der Waals surface area contributed by atoms with Gasteiger partial charge >= 0.3 is 0 Å². The number of halogens is 1. The van der Waals surface area contributed by atoms with Gasteiger partial charge < -0.3 is 10.6 Å². The number of anilines is 1. The summed E-state index contributed by atoms with van der Waals surface area (Å²) in [6.07, 6.45) is 4.37. The van der Waals surface area contributed by atoms with E-state index in [1.807, 2.05) is 0 Å². The monoisotopic (exact) mass is 226 g/mol. The highest BCUT2D eigenvalue weighted by molar-refractivity contribution is 6.30. The molecule has 0 amide bonds. The Morgan fingerprint density at radius 3 is 2.73 bits per heavy atom. The first-order valence-electron chi connectivity index (χ1n) is 5.15. The van der Waals surface area contributed by atoms with Crippen molar-refractivity contribution in [2.24, 2.45) is 11.7 Å². The Kier molecular flexibility index (Phi) is 3.07. The minimum Gasteiger partial charge on any atom is -0.340 e. The van der Waals surface area contributed by atoms with Gasteiger partial charge in [-0.3, -0.25) is 0 Å². The normalized spacial score (nSPS) is 23.1. The summed E-state index contributed by atoms with van der Waals surface area (Å²) in [4.78, 5) is 10.5. The topological polar surface area (TPSA) is 55.0 Å². The smallest absolute Gasteiger partial charge is 0.225 e. The molecule has 15 heavy (non-hydrogen) atoms. The lowest BCUT2D eigenvalue weighted by Gasteiger charge is -2.17. The van der Waals surface area contributed by atoms with Gasteiger partial charge in [-0.15, -0.1) is 0 Å². The van der Waals surface area contributed by atoms with E-state index in [0.29, 0.717) is 10.9 Å². The first-order chi connectivity index (χ1) is 7.16. The third-order valence-electron chi connectivity index (χ3n) is 2.86. The zero-order chi connectivity index (χ0) is 10.8. The van der Waals surface area contributed by atoms with E-state index < -0.39 is 0 Å². The minimum atomic E-state index is 0.238. The van der Waals surface area contributed by atoms with Gasteiger partial charge in [0, 0.05) is 19.1 Å². The largest absolute Gasteiger partial charge is 0.340 e. The number of hydrogen-bond donors (Lipinski definition) is 1. The van der Waals surface area contributed by atoms with E-state index in [0.717, 1.165) is 25.5 Å². The molecule has 0 aliphatic carbocycles. The molecule has 1 fully saturated rings. The van der Waals surface area contributed by atoms with Crippen LogP contribution in [0, 0.1) is 5.92 Å². The first-order valence-corrected chi connectivity index (χ1v) is 5.52. The maximum Gasteiger partial charge on any atom is 0.225 e. The molecule has 2 N–H and O–H groups in total. The van der Waals surface area contributed by atoms with Gasteiger partial charge in [0.05, 0.1) is 17.4 Å². The van der Waals surface area contributed by atoms with E-state index in [9.17, 15) is 0 Å². The minimum absolute atomic E-state index is 0.238. The average Bonchev–Trinajstić information content (AvgIpc) is 2.68. The zero-order valence-electron chi connectivity index (χ0n) is 8.73. The molecule has 1 aliphatic rings. The fourth-order valence-corrected chi connectivity index (χ4v) is 1.96. The summed E-state index contributed by atoms with van der Waals surface area (Å²) in [7, 11) is 0. The maximum atomic E-state index is 5.87. The number of hydrogen-bond acceptors (Lipinski definition) is 4. The van der Waals surface area contributed by atoms with Crippen LogP contribution in [-0.4, -0.2) is 29.1 Å². The molecule has 0 spiro atoms. The van der Waals surface area contributed by atoms with Crippen LogP contribution in [0.1, 0.15) is 13.3 Å². The molecule has 2 atom stereocenters. The Balaban J connectivity index is 2.04. The zero-order valence-corrected chi connectivity index (χ0v) is 9.48. The van der Waals surface area contributed by atoms with E-state index in [4.69, 9.17) is 17.3 Å². The van der Waals surface area contributed by atoms with Gasteiger partial charge in [-0.05, 0) is 19.3 Å². The molecule has 2 unspecified atom stereocenters. The van der Waals surface area contributed by atoms with Crippen molar-refractivity contribution in [1.82, 2.24) is 9.97 Å². The van der Waals surface area contributed by atoms with Crippen LogP contribution in [0.4, 0.5) is 5.95 Å². The molecule has 1 aromatic rings. The summed E-state index contributed by atoms with van der Waals surface area (Å²) in [5.41, 5.74) is 5.87. The second kappa shape index (κ2) is 4.33. The van der Waals surface area contributed by atoms with Crippen molar-refractivity contribution in [3.63, 3.8) is 0 Å². The van der Waals surface area contributed by atoms with Crippen LogP contribution < -0.4 is 10.6 Å². The molecule has 0 saturated carbocycles. The lowest BCUT2D eigenvalue weighted by molar-refractivity contribution is 0.487. The molecule has 0 radical (unpaired) electrons. The molecule has 5 heteroatoms. The van der Waals surface area contributed by atoms with Crippen LogP contribution in [0.25, 0.3) is 0 Å². The van der Waals surface area contributed by atoms with Crippen LogP contribution in [0.2, 0.25) is 5.02 Å². The van der Waals surface area contributed by atoms with Crippen molar-refractivity contribution < 1.29 is 0 Å². The summed E-state index contributed by atoms with van der Waals surface area (Å²) >= 11 is 5.73. The number of nitrogens with two attached hydrogens (primary N) is 1. The van der Waals surface area contributed by atoms with E-state index in [2.05, 4.69) is 21.8 Å². The highest BCUT2D eigenvalue weighted by atomic mass is 35.5. The molecule has 2 rings (SSSR count).